The van der Waals surface area contributed by atoms with Gasteiger partial charge in [0.15, 0.2) is 0 Å². The number of hydrogen-bond donors (Lipinski definition) is 3. The monoisotopic (exact) mass is 1800 g/mol. The molecule has 126 heavy (non-hydrogen) atoms. The van der Waals surface area contributed by atoms with Gasteiger partial charge < -0.3 is 30.6 Å². The number of hydrogen-bond acceptors (Lipinski definition) is 11. The minimum Gasteiger partial charge on any atom is -0.372 e. The Morgan fingerprint density at radius 1 is 0.389 bits per heavy atom. The van der Waals surface area contributed by atoms with Gasteiger partial charge in [0.05, 0.1) is 110 Å². The van der Waals surface area contributed by atoms with Crippen LogP contribution in [0.5, 0.6) is 0 Å². The summed E-state index contributed by atoms with van der Waals surface area (Å²) in [6, 6.07) is 38.1. The van der Waals surface area contributed by atoms with E-state index in [2.05, 4.69) is 32.3 Å². The largest absolute Gasteiger partial charge is 0.418 e. The summed E-state index contributed by atoms with van der Waals surface area (Å²) in [6.45, 7) is 15.9. The normalized spacial score (nSPS) is 25.7. The fraction of sp³-hybridized carbons (Fsp3) is 0.495. The number of para-hydroxylation sites is 1. The highest BCUT2D eigenvalue weighted by Gasteiger charge is 2.56. The average molecular weight is 1800 g/mol. The number of benzene rings is 7. The van der Waals surface area contributed by atoms with Gasteiger partial charge in [-0.15, -0.1) is 0 Å². The van der Waals surface area contributed by atoms with Gasteiger partial charge in [-0.05, 0) is 217 Å². The Balaban J connectivity index is 0.000000181. The van der Waals surface area contributed by atoms with E-state index in [1.165, 1.54) is 46.8 Å². The minimum atomic E-state index is -4.93. The van der Waals surface area contributed by atoms with Crippen LogP contribution in [0.1, 0.15) is 217 Å². The molecule has 688 valence electrons. The summed E-state index contributed by atoms with van der Waals surface area (Å²) in [5.41, 5.74) is -3.39. The number of ether oxygens (including phenoxy) is 3. The molecular weight excluding hydrogens is 1700 g/mol. The van der Waals surface area contributed by atoms with E-state index in [1.54, 1.807) is 0 Å². The molecule has 14 nitrogen and oxygen atoms in total. The fourth-order valence-corrected chi connectivity index (χ4v) is 18.5. The first-order valence-electron chi connectivity index (χ1n) is 41.0. The molecule has 4 amide bonds. The molecule has 0 spiro atoms. The second-order valence-corrected chi connectivity index (χ2v) is 33.8. The number of carbonyl (C=O) groups excluding carboxylic acids is 4. The number of nitrogens with one attached hydrogen (secondary N) is 2. The molecular formula is C91H100F21N7O7. The van der Waals surface area contributed by atoms with Crippen molar-refractivity contribution in [2.75, 3.05) is 64.0 Å². The number of fused-ring (bicyclic) bond motifs is 6. The summed E-state index contributed by atoms with van der Waals surface area (Å²) < 4.78 is 297. The summed E-state index contributed by atoms with van der Waals surface area (Å²) >= 11 is 0. The van der Waals surface area contributed by atoms with Gasteiger partial charge in [-0.3, -0.25) is 38.8 Å². The Morgan fingerprint density at radius 2 is 0.675 bits per heavy atom. The van der Waals surface area contributed by atoms with E-state index >= 15 is 0 Å². The molecule has 0 aromatic heterocycles. The standard InChI is InChI=1S/2C27H30F6N2O2.C26H30F6N2O.C11H10F3NO2/c2*1-18(20-13-22(26(28,29)30)15-23(14-20)27(31,32)33)37-17-25(21-7-4-3-5-8-21)11-10-24(34-19(2)36)9-6-12-35(25)16-24;1-17-14-24(20-7-4-3-5-8-20,34-10-6-9-23(17,33)15-34)16-35-18(2)19-11-21(25(27,28)29)13-22(12-19)26(30,31)32;1-7(16)15(8(2)17)10-6-4-3-5-9(10)11(12,13)14/h2*3-5,7-8,13-15,18H,6,9-12,16-17H2,1-2H3,(H,34,36);3-5,7-8,11-13,17-18H,6,9-10,14-16,33H2,1-2H3;3-6H,1-2H3/t2*18-,24+,25-;17?,18-,23-,24-;/m111./s1. The molecule has 13 rings (SSSR count). The molecule has 4 N–H and O–H groups in total. The molecule has 6 aliphatic rings. The van der Waals surface area contributed by atoms with Crippen LogP contribution in [0.3, 0.4) is 0 Å². The Labute approximate surface area is 716 Å². The van der Waals surface area contributed by atoms with Gasteiger partial charge in [0.25, 0.3) is 0 Å². The van der Waals surface area contributed by atoms with E-state index in [0.29, 0.717) is 56.6 Å². The zero-order valence-corrected chi connectivity index (χ0v) is 70.3. The first kappa shape index (κ1) is 99.0. The van der Waals surface area contributed by atoms with Gasteiger partial charge >= 0.3 is 43.2 Å². The third-order valence-corrected chi connectivity index (χ3v) is 25.0. The van der Waals surface area contributed by atoms with Crippen molar-refractivity contribution >= 4 is 29.3 Å². The second kappa shape index (κ2) is 38.3. The summed E-state index contributed by atoms with van der Waals surface area (Å²) in [5.74, 6) is -1.57. The van der Waals surface area contributed by atoms with E-state index in [4.69, 9.17) is 19.9 Å². The number of amides is 4. The number of piperidine rings is 6. The Morgan fingerprint density at radius 3 is 0.976 bits per heavy atom. The number of rotatable bonds is 18. The van der Waals surface area contributed by atoms with E-state index in [0.717, 1.165) is 137 Å². The van der Waals surface area contributed by atoms with Crippen molar-refractivity contribution in [2.24, 2.45) is 11.7 Å². The van der Waals surface area contributed by atoms with Gasteiger partial charge in [0.2, 0.25) is 23.6 Å². The number of halogens is 21. The van der Waals surface area contributed by atoms with E-state index in [-0.39, 0.29) is 89.1 Å². The quantitative estimate of drug-likeness (QED) is 0.0702. The van der Waals surface area contributed by atoms with Crippen molar-refractivity contribution in [2.45, 2.75) is 221 Å². The molecule has 35 heteroatoms. The first-order valence-corrected chi connectivity index (χ1v) is 41.0. The van der Waals surface area contributed by atoms with Crippen LogP contribution in [0.2, 0.25) is 0 Å². The maximum absolute atomic E-state index is 13.4. The zero-order chi connectivity index (χ0) is 93.0. The highest BCUT2D eigenvalue weighted by atomic mass is 19.4. The van der Waals surface area contributed by atoms with Crippen molar-refractivity contribution in [3.8, 4) is 0 Å². The van der Waals surface area contributed by atoms with E-state index < -0.39 is 135 Å². The van der Waals surface area contributed by atoms with Crippen LogP contribution in [0, 0.1) is 5.92 Å². The molecule has 6 bridgehead atoms. The third-order valence-electron chi connectivity index (χ3n) is 25.0. The molecule has 7 aromatic carbocycles. The van der Waals surface area contributed by atoms with Crippen molar-refractivity contribution < 1.29 is 126 Å². The SMILES string of the molecule is CC(=O)N(C(C)=O)c1ccccc1C(F)(F)F.CC(=O)N[C@]12CCCN(C1)[C@](CO[C@H](C)c1cc(C(F)(F)F)cc(C(F)(F)F)c1)(c1ccccc1)CC2.CC(=O)N[C@]12CCCN(C1)[C@](CO[C@H](C)c1cc(C(F)(F)F)cc(C(F)(F)F)c1)(c1ccccc1)CC2.CC1C[C@@](CO[C@H](C)c2cc(C(F)(F)F)cc(C(F)(F)F)c2)(c2ccccc2)N2CCC[C@@]1(N)C2. The molecule has 6 saturated heterocycles. The molecule has 4 unspecified atom stereocenters. The molecule has 6 fully saturated rings. The maximum Gasteiger partial charge on any atom is 0.418 e. The number of imide groups is 1. The second-order valence-electron chi connectivity index (χ2n) is 33.8. The van der Waals surface area contributed by atoms with Crippen LogP contribution < -0.4 is 21.3 Å². The number of carbonyl (C=O) groups is 4. The van der Waals surface area contributed by atoms with Gasteiger partial charge in [-0.25, -0.2) is 0 Å². The lowest BCUT2D eigenvalue weighted by Crippen LogP contribution is -2.69. The Kier molecular flexibility index (Phi) is 30.1. The lowest BCUT2D eigenvalue weighted by Gasteiger charge is -2.59. The summed E-state index contributed by atoms with van der Waals surface area (Å²) in [6.07, 6.45) is -28.7. The topological polar surface area (TPSA) is 159 Å². The van der Waals surface area contributed by atoms with Gasteiger partial charge in [-0.2, -0.15) is 92.2 Å². The highest BCUT2D eigenvalue weighted by Crippen LogP contribution is 2.52. The van der Waals surface area contributed by atoms with Crippen molar-refractivity contribution in [3.05, 3.63) is 242 Å². The number of nitrogens with zero attached hydrogens (tertiary/aromatic N) is 4. The van der Waals surface area contributed by atoms with Gasteiger partial charge in [-0.1, -0.05) is 110 Å². The zero-order valence-electron chi connectivity index (χ0n) is 70.3. The fourth-order valence-electron chi connectivity index (χ4n) is 18.5. The predicted molar refractivity (Wildman–Crippen MR) is 427 cm³/mol. The summed E-state index contributed by atoms with van der Waals surface area (Å²) in [4.78, 5) is 53.5. The van der Waals surface area contributed by atoms with Crippen molar-refractivity contribution in [1.82, 2.24) is 25.3 Å². The van der Waals surface area contributed by atoms with Gasteiger partial charge in [0.1, 0.15) is 0 Å². The molecule has 7 aromatic rings. The van der Waals surface area contributed by atoms with E-state index in [9.17, 15) is 111 Å². The smallest absolute Gasteiger partial charge is 0.372 e. The molecule has 0 radical (unpaired) electrons. The lowest BCUT2D eigenvalue weighted by atomic mass is 9.65. The van der Waals surface area contributed by atoms with Crippen molar-refractivity contribution in [1.29, 1.82) is 0 Å². The number of nitrogens with two attached hydrogens (primary N) is 1. The molecule has 6 heterocycles. The molecule has 6 aliphatic heterocycles. The maximum atomic E-state index is 13.4. The van der Waals surface area contributed by atoms with Crippen LogP contribution in [0.4, 0.5) is 97.9 Å². The number of alkyl halides is 21. The first-order chi connectivity index (χ1) is 58.5. The summed E-state index contributed by atoms with van der Waals surface area (Å²) in [5, 5.41) is 6.23. The van der Waals surface area contributed by atoms with Crippen LogP contribution in [0.25, 0.3) is 0 Å². The average Bonchev–Trinajstić information content (AvgIpc) is 0.743. The van der Waals surface area contributed by atoms with Crippen LogP contribution in [0.15, 0.2) is 170 Å². The summed E-state index contributed by atoms with van der Waals surface area (Å²) in [7, 11) is 0. The Hall–Kier alpha value is -9.13. The molecule has 0 saturated carbocycles. The van der Waals surface area contributed by atoms with Gasteiger partial charge in [0, 0.05) is 52.9 Å². The minimum absolute atomic E-state index is 0.0753. The van der Waals surface area contributed by atoms with Crippen molar-refractivity contribution in [3.63, 3.8) is 0 Å². The van der Waals surface area contributed by atoms with E-state index in [1.807, 2.05) is 91.0 Å². The molecule has 0 aliphatic carbocycles. The predicted octanol–water partition coefficient (Wildman–Crippen LogP) is 22.1. The lowest BCUT2D eigenvalue weighted by molar-refractivity contribution is -0.145. The number of anilines is 1. The van der Waals surface area contributed by atoms with Crippen LogP contribution in [-0.2, 0) is 93.2 Å². The highest BCUT2D eigenvalue weighted by molar-refractivity contribution is 6.13. The molecule has 13 atom stereocenters. The Bertz CT molecular complexity index is 4630. The third kappa shape index (κ3) is 23.3. The van der Waals surface area contributed by atoms with Crippen LogP contribution in [-0.4, -0.2) is 114 Å². The van der Waals surface area contributed by atoms with Crippen LogP contribution >= 0.6 is 0 Å².